The van der Waals surface area contributed by atoms with Gasteiger partial charge in [-0.3, -0.25) is 24.0 Å². The highest BCUT2D eigenvalue weighted by Crippen LogP contribution is 2.40. The number of carbonyl (C=O) groups excluding carboxylic acids is 5. The highest BCUT2D eigenvalue weighted by atomic mass is 16.5. The molecule has 1 aliphatic rings. The minimum absolute atomic E-state index is 0.00400. The molecule has 4 atom stereocenters. The van der Waals surface area contributed by atoms with Crippen LogP contribution in [0.2, 0.25) is 0 Å². The summed E-state index contributed by atoms with van der Waals surface area (Å²) in [5.74, 6) is -2.17. The summed E-state index contributed by atoms with van der Waals surface area (Å²) in [6.45, 7) is 11.3. The van der Waals surface area contributed by atoms with Gasteiger partial charge in [-0.1, -0.05) is 45.0 Å². The van der Waals surface area contributed by atoms with Gasteiger partial charge in [0.25, 0.3) is 5.91 Å². The maximum absolute atomic E-state index is 14.7. The number of nitrogens with zero attached hydrogens (tertiary/aromatic N) is 4. The molecule has 4 aromatic rings. The van der Waals surface area contributed by atoms with Gasteiger partial charge in [-0.15, -0.1) is 0 Å². The van der Waals surface area contributed by atoms with Crippen LogP contribution in [0.1, 0.15) is 78.6 Å². The molecule has 1 aromatic heterocycles. The van der Waals surface area contributed by atoms with Crippen LogP contribution in [-0.2, 0) is 31.0 Å². The molecule has 4 bridgehead atoms. The van der Waals surface area contributed by atoms with Crippen molar-refractivity contribution < 1.29 is 38.2 Å². The van der Waals surface area contributed by atoms with E-state index in [1.165, 1.54) is 18.9 Å². The molecule has 19 heteroatoms. The lowest BCUT2D eigenvalue weighted by atomic mass is 9.87. The predicted octanol–water partition coefficient (Wildman–Crippen LogP) is 2.36. The molecule has 0 spiro atoms. The van der Waals surface area contributed by atoms with Crippen molar-refractivity contribution in [2.24, 2.45) is 17.2 Å². The van der Waals surface area contributed by atoms with Crippen molar-refractivity contribution in [3.63, 3.8) is 0 Å². The van der Waals surface area contributed by atoms with Crippen molar-refractivity contribution in [1.29, 1.82) is 5.26 Å². The number of aryl methyl sites for hydroxylation is 2. The van der Waals surface area contributed by atoms with E-state index in [-0.39, 0.29) is 69.2 Å². The van der Waals surface area contributed by atoms with Gasteiger partial charge in [0.15, 0.2) is 0 Å². The number of nitrogens with two attached hydrogens (primary N) is 3. The number of hydrogen-bond acceptors (Lipinski definition) is 14. The second-order valence-corrected chi connectivity index (χ2v) is 17.1. The smallest absolute Gasteiger partial charge is 0.322 e. The maximum atomic E-state index is 14.7. The van der Waals surface area contributed by atoms with E-state index in [2.05, 4.69) is 52.0 Å². The third-order valence-electron chi connectivity index (χ3n) is 11.0. The van der Waals surface area contributed by atoms with E-state index in [4.69, 9.17) is 36.7 Å². The highest BCUT2D eigenvalue weighted by molar-refractivity contribution is 6.00. The molecule has 0 radical (unpaired) electrons. The van der Waals surface area contributed by atoms with E-state index in [1.54, 1.807) is 50.2 Å². The maximum Gasteiger partial charge on any atom is 0.322 e. The SMILES string of the molecule is Cc1nc(Oc2ccc(C(C)(C)C)cc2)nc(C)c1C(=O)NC(CCN)C(=O)N(C)C1C(=O)NC(C)C(=O)NC(C(=O)NCC#N)Cc2ccc(OCCN)c(c2)-c2cc1ccc2OCCN. The van der Waals surface area contributed by atoms with Crippen LogP contribution in [-0.4, -0.2) is 109 Å². The van der Waals surface area contributed by atoms with Crippen LogP contribution in [0.25, 0.3) is 11.1 Å². The standard InChI is InChI=1S/C48H61N11O8/c1-27-40(28(2)56-47(55-27)67-33-12-10-32(11-13-33)48(4,5)6)44(62)57-36(16-17-49)46(64)59(7)41-31-9-15-39(66-23-20-52)35(26-31)34-24-30(8-14-38(34)65-22-19-51)25-37(43(61)53-21-18-50)58-42(60)29(3)54-45(41)63/h8-15,24,26,29,36-37,41H,16-17,19-23,25,49,51-52H2,1-7H3,(H,53,61)(H,54,63)(H,57,62)(H,58,60). The lowest BCUT2D eigenvalue weighted by Gasteiger charge is -2.32. The first-order chi connectivity index (χ1) is 31.9. The summed E-state index contributed by atoms with van der Waals surface area (Å²) in [5, 5.41) is 19.9. The summed E-state index contributed by atoms with van der Waals surface area (Å²) in [6, 6.07) is 14.5. The molecule has 0 aliphatic carbocycles. The number of likely N-dealkylation sites (N-methyl/N-ethyl adjacent to an activating group) is 1. The monoisotopic (exact) mass is 919 g/mol. The zero-order valence-electron chi connectivity index (χ0n) is 39.0. The van der Waals surface area contributed by atoms with Crippen LogP contribution in [0.3, 0.4) is 0 Å². The van der Waals surface area contributed by atoms with Crippen molar-refractivity contribution >= 4 is 29.5 Å². The Labute approximate surface area is 390 Å². The molecular weight excluding hydrogens is 859 g/mol. The van der Waals surface area contributed by atoms with Gasteiger partial charge >= 0.3 is 6.01 Å². The third-order valence-corrected chi connectivity index (χ3v) is 11.0. The van der Waals surface area contributed by atoms with Crippen molar-refractivity contribution in [1.82, 2.24) is 36.1 Å². The summed E-state index contributed by atoms with van der Waals surface area (Å²) < 4.78 is 18.1. The minimum Gasteiger partial charge on any atom is -0.492 e. The van der Waals surface area contributed by atoms with Crippen LogP contribution < -0.4 is 52.7 Å². The first-order valence-corrected chi connectivity index (χ1v) is 22.0. The second kappa shape index (κ2) is 22.9. The van der Waals surface area contributed by atoms with Gasteiger partial charge in [0.1, 0.15) is 61.2 Å². The van der Waals surface area contributed by atoms with Crippen LogP contribution in [0.4, 0.5) is 0 Å². The average Bonchev–Trinajstić information content (AvgIpc) is 3.28. The van der Waals surface area contributed by atoms with Gasteiger partial charge in [-0.05, 0) is 92.2 Å². The Morgan fingerprint density at radius 3 is 2.07 bits per heavy atom. The Morgan fingerprint density at radius 1 is 0.881 bits per heavy atom. The zero-order chi connectivity index (χ0) is 49.0. The number of benzene rings is 3. The lowest BCUT2D eigenvalue weighted by molar-refractivity contribution is -0.141. The average molecular weight is 920 g/mol. The van der Waals surface area contributed by atoms with Gasteiger partial charge < -0.3 is 57.6 Å². The molecule has 3 aromatic carbocycles. The van der Waals surface area contributed by atoms with Crippen LogP contribution in [0, 0.1) is 25.2 Å². The molecule has 67 heavy (non-hydrogen) atoms. The largest absolute Gasteiger partial charge is 0.492 e. The number of nitriles is 1. The molecule has 0 saturated carbocycles. The van der Waals surface area contributed by atoms with E-state index < -0.39 is 53.7 Å². The molecule has 0 fully saturated rings. The molecule has 356 valence electrons. The Balaban J connectivity index is 1.54. The van der Waals surface area contributed by atoms with Crippen LogP contribution in [0.15, 0.2) is 60.7 Å². The zero-order valence-corrected chi connectivity index (χ0v) is 39.0. The normalized spacial score (nSPS) is 16.5. The number of nitrogens with one attached hydrogen (secondary N) is 4. The van der Waals surface area contributed by atoms with Crippen molar-refractivity contribution in [2.75, 3.05) is 46.4 Å². The summed E-state index contributed by atoms with van der Waals surface area (Å²) in [5.41, 5.74) is 21.3. The molecule has 5 amide bonds. The number of ether oxygens (including phenoxy) is 3. The predicted molar refractivity (Wildman–Crippen MR) is 250 cm³/mol. The van der Waals surface area contributed by atoms with E-state index in [9.17, 15) is 24.0 Å². The van der Waals surface area contributed by atoms with E-state index in [0.717, 1.165) is 5.56 Å². The summed E-state index contributed by atoms with van der Waals surface area (Å²) in [4.78, 5) is 80.5. The number of fused-ring (bicyclic) bond motifs is 5. The quantitative estimate of drug-likeness (QED) is 0.0795. The Kier molecular flexibility index (Phi) is 17.3. The number of rotatable bonds is 16. The molecule has 19 nitrogen and oxygen atoms in total. The first-order valence-electron chi connectivity index (χ1n) is 22.0. The van der Waals surface area contributed by atoms with E-state index in [0.29, 0.717) is 50.9 Å². The van der Waals surface area contributed by atoms with Gasteiger partial charge in [0.2, 0.25) is 23.6 Å². The molecule has 5 rings (SSSR count). The fraction of sp³-hybridized carbons (Fsp3) is 0.417. The van der Waals surface area contributed by atoms with Crippen LogP contribution >= 0.6 is 0 Å². The third kappa shape index (κ3) is 12.8. The van der Waals surface area contributed by atoms with Crippen molar-refractivity contribution in [3.05, 3.63) is 94.3 Å². The second-order valence-electron chi connectivity index (χ2n) is 17.1. The van der Waals surface area contributed by atoms with Gasteiger partial charge in [-0.2, -0.15) is 15.2 Å². The van der Waals surface area contributed by atoms with Crippen LogP contribution in [0.5, 0.6) is 23.3 Å². The number of aromatic nitrogens is 2. The molecule has 1 aliphatic heterocycles. The highest BCUT2D eigenvalue weighted by Gasteiger charge is 2.36. The summed E-state index contributed by atoms with van der Waals surface area (Å²) in [6.07, 6.45) is -0.0241. The Bertz CT molecular complexity index is 2460. The molecule has 0 saturated heterocycles. The first kappa shape index (κ1) is 50.9. The fourth-order valence-corrected chi connectivity index (χ4v) is 7.55. The van der Waals surface area contributed by atoms with Gasteiger partial charge in [0.05, 0.1) is 23.0 Å². The molecule has 10 N–H and O–H groups in total. The van der Waals surface area contributed by atoms with Crippen molar-refractivity contribution in [2.45, 2.75) is 84.0 Å². The number of carbonyl (C=O) groups is 5. The summed E-state index contributed by atoms with van der Waals surface area (Å²) in [7, 11) is 1.40. The van der Waals surface area contributed by atoms with Crippen molar-refractivity contribution in [3.8, 4) is 40.5 Å². The van der Waals surface area contributed by atoms with Gasteiger partial charge in [-0.25, -0.2) is 0 Å². The molecular formula is C48H61N11O8. The number of amides is 5. The minimum atomic E-state index is -1.42. The molecule has 2 heterocycles. The summed E-state index contributed by atoms with van der Waals surface area (Å²) >= 11 is 0. The van der Waals surface area contributed by atoms with Gasteiger partial charge in [0, 0.05) is 37.7 Å². The van der Waals surface area contributed by atoms with E-state index >= 15 is 0 Å². The topological polar surface area (TPSA) is 292 Å². The lowest BCUT2D eigenvalue weighted by Crippen LogP contribution is -2.56. The fourth-order valence-electron chi connectivity index (χ4n) is 7.55. The van der Waals surface area contributed by atoms with E-state index in [1.807, 2.05) is 30.3 Å². The Hall–Kier alpha value is -7.14. The molecule has 4 unspecified atom stereocenters. The number of hydrogen-bond donors (Lipinski definition) is 7. The Morgan fingerprint density at radius 2 is 1.49 bits per heavy atom.